The maximum absolute atomic E-state index is 13.0. The lowest BCUT2D eigenvalue weighted by molar-refractivity contribution is 0.623. The summed E-state index contributed by atoms with van der Waals surface area (Å²) >= 11 is 1.64. The average molecular weight is 220 g/mol. The number of hydrogen-bond acceptors (Lipinski definition) is 2. The average Bonchev–Trinajstić information content (AvgIpc) is 2.58. The molecule has 0 spiro atoms. The second-order valence-electron chi connectivity index (χ2n) is 3.57. The first-order valence-electron chi connectivity index (χ1n) is 4.71. The van der Waals surface area contributed by atoms with E-state index < -0.39 is 0 Å². The maximum Gasteiger partial charge on any atom is 0.124 e. The third-order valence-electron chi connectivity index (χ3n) is 2.44. The van der Waals surface area contributed by atoms with E-state index in [0.717, 1.165) is 27.9 Å². The molecular formula is C11H9FN2S. The van der Waals surface area contributed by atoms with Crippen LogP contribution >= 0.6 is 11.8 Å². The zero-order chi connectivity index (χ0) is 10.4. The molecule has 3 rings (SSSR count). The topological polar surface area (TPSA) is 17.8 Å². The minimum Gasteiger partial charge on any atom is -0.302 e. The molecule has 1 aromatic heterocycles. The predicted octanol–water partition coefficient (Wildman–Crippen LogP) is 2.93. The number of nitrogens with zero attached hydrogens (tertiary/aromatic N) is 2. The minimum absolute atomic E-state index is 0.179. The Hall–Kier alpha value is -1.29. The van der Waals surface area contributed by atoms with Crippen molar-refractivity contribution in [3.05, 3.63) is 41.7 Å². The zero-order valence-electron chi connectivity index (χ0n) is 8.20. The van der Waals surface area contributed by atoms with E-state index >= 15 is 0 Å². The molecule has 0 N–H and O–H groups in total. The summed E-state index contributed by atoms with van der Waals surface area (Å²) in [6.45, 7) is 1.97. The molecule has 0 bridgehead atoms. The van der Waals surface area contributed by atoms with Crippen molar-refractivity contribution in [3.8, 4) is 5.69 Å². The highest BCUT2D eigenvalue weighted by Gasteiger charge is 2.17. The van der Waals surface area contributed by atoms with Crippen molar-refractivity contribution in [2.24, 2.45) is 0 Å². The summed E-state index contributed by atoms with van der Waals surface area (Å²) in [7, 11) is 0. The van der Waals surface area contributed by atoms with Crippen LogP contribution in [0.4, 0.5) is 4.39 Å². The van der Waals surface area contributed by atoms with Crippen LogP contribution in [0.3, 0.4) is 0 Å². The molecule has 0 amide bonds. The molecular weight excluding hydrogens is 211 g/mol. The van der Waals surface area contributed by atoms with Crippen LogP contribution in [-0.2, 0) is 5.75 Å². The third kappa shape index (κ3) is 1.36. The van der Waals surface area contributed by atoms with Gasteiger partial charge >= 0.3 is 0 Å². The summed E-state index contributed by atoms with van der Waals surface area (Å²) in [6, 6.07) is 4.88. The molecule has 2 nitrogen and oxygen atoms in total. The van der Waals surface area contributed by atoms with E-state index in [2.05, 4.69) is 4.98 Å². The van der Waals surface area contributed by atoms with Crippen LogP contribution < -0.4 is 0 Å². The van der Waals surface area contributed by atoms with Gasteiger partial charge in [0.1, 0.15) is 11.6 Å². The van der Waals surface area contributed by atoms with Crippen molar-refractivity contribution < 1.29 is 4.39 Å². The van der Waals surface area contributed by atoms with Crippen LogP contribution in [0.25, 0.3) is 5.69 Å². The first-order valence-corrected chi connectivity index (χ1v) is 5.70. The lowest BCUT2D eigenvalue weighted by Crippen LogP contribution is -2.05. The van der Waals surface area contributed by atoms with E-state index in [9.17, 15) is 4.39 Å². The van der Waals surface area contributed by atoms with E-state index in [1.165, 1.54) is 6.07 Å². The quantitative estimate of drug-likeness (QED) is 0.679. The standard InChI is InChI=1S/C11H9FN2S/c1-7-5-14-9-3-2-8(12)4-10(9)15-6-11(14)13-7/h2-5H,6H2,1H3. The Morgan fingerprint density at radius 2 is 2.33 bits per heavy atom. The molecule has 0 saturated carbocycles. The molecule has 0 atom stereocenters. The first-order chi connectivity index (χ1) is 7.24. The Kier molecular flexibility index (Phi) is 1.85. The molecule has 0 radical (unpaired) electrons. The predicted molar refractivity (Wildman–Crippen MR) is 57.8 cm³/mol. The number of benzene rings is 1. The Morgan fingerprint density at radius 1 is 1.47 bits per heavy atom. The van der Waals surface area contributed by atoms with E-state index in [0.29, 0.717) is 0 Å². The van der Waals surface area contributed by atoms with Crippen molar-refractivity contribution in [2.75, 3.05) is 0 Å². The molecule has 0 saturated heterocycles. The molecule has 0 fully saturated rings. The normalized spacial score (nSPS) is 13.5. The summed E-state index contributed by atoms with van der Waals surface area (Å²) in [4.78, 5) is 5.41. The Labute approximate surface area is 91.1 Å². The van der Waals surface area contributed by atoms with Crippen LogP contribution in [-0.4, -0.2) is 9.55 Å². The highest BCUT2D eigenvalue weighted by molar-refractivity contribution is 7.98. The number of imidazole rings is 1. The van der Waals surface area contributed by atoms with Gasteiger partial charge < -0.3 is 4.57 Å². The molecule has 1 aliphatic heterocycles. The summed E-state index contributed by atoms with van der Waals surface area (Å²) < 4.78 is 15.1. The van der Waals surface area contributed by atoms with Crippen LogP contribution in [0.5, 0.6) is 0 Å². The molecule has 1 aliphatic rings. The lowest BCUT2D eigenvalue weighted by Gasteiger charge is -2.17. The fraction of sp³-hybridized carbons (Fsp3) is 0.182. The number of rotatable bonds is 0. The van der Waals surface area contributed by atoms with Crippen molar-refractivity contribution in [1.82, 2.24) is 9.55 Å². The lowest BCUT2D eigenvalue weighted by atomic mass is 10.3. The second-order valence-corrected chi connectivity index (χ2v) is 4.59. The highest BCUT2D eigenvalue weighted by atomic mass is 32.2. The van der Waals surface area contributed by atoms with Crippen LogP contribution in [0, 0.1) is 12.7 Å². The fourth-order valence-corrected chi connectivity index (χ4v) is 2.80. The van der Waals surface area contributed by atoms with Crippen molar-refractivity contribution >= 4 is 11.8 Å². The number of fused-ring (bicyclic) bond motifs is 3. The van der Waals surface area contributed by atoms with Crippen LogP contribution in [0.2, 0.25) is 0 Å². The molecule has 4 heteroatoms. The summed E-state index contributed by atoms with van der Waals surface area (Å²) in [5, 5.41) is 0. The maximum atomic E-state index is 13.0. The van der Waals surface area contributed by atoms with Gasteiger partial charge in [0.2, 0.25) is 0 Å². The summed E-state index contributed by atoms with van der Waals surface area (Å²) in [6.07, 6.45) is 1.99. The van der Waals surface area contributed by atoms with E-state index in [1.807, 2.05) is 17.7 Å². The summed E-state index contributed by atoms with van der Waals surface area (Å²) in [5.41, 5.74) is 2.03. The monoisotopic (exact) mass is 220 g/mol. The van der Waals surface area contributed by atoms with Gasteiger partial charge in [0, 0.05) is 11.1 Å². The van der Waals surface area contributed by atoms with Gasteiger partial charge in [-0.2, -0.15) is 0 Å². The Morgan fingerprint density at radius 3 is 3.20 bits per heavy atom. The molecule has 0 unspecified atom stereocenters. The SMILES string of the molecule is Cc1cn2c(n1)CSc1cc(F)ccc1-2. The number of aryl methyl sites for hydroxylation is 1. The van der Waals surface area contributed by atoms with Gasteiger partial charge in [0.15, 0.2) is 0 Å². The molecule has 2 heterocycles. The van der Waals surface area contributed by atoms with Crippen LogP contribution in [0.1, 0.15) is 11.5 Å². The Bertz CT molecular complexity index is 533. The van der Waals surface area contributed by atoms with Gasteiger partial charge in [0.25, 0.3) is 0 Å². The van der Waals surface area contributed by atoms with Gasteiger partial charge in [-0.15, -0.1) is 11.8 Å². The molecule has 1 aromatic carbocycles. The van der Waals surface area contributed by atoms with Gasteiger partial charge in [-0.1, -0.05) is 0 Å². The molecule has 76 valence electrons. The van der Waals surface area contributed by atoms with Crippen molar-refractivity contribution in [2.45, 2.75) is 17.6 Å². The van der Waals surface area contributed by atoms with Gasteiger partial charge in [-0.25, -0.2) is 9.37 Å². The second kappa shape index (κ2) is 3.10. The van der Waals surface area contributed by atoms with E-state index in [4.69, 9.17) is 0 Å². The third-order valence-corrected chi connectivity index (χ3v) is 3.48. The van der Waals surface area contributed by atoms with Crippen molar-refractivity contribution in [3.63, 3.8) is 0 Å². The fourth-order valence-electron chi connectivity index (χ4n) is 1.80. The molecule has 0 aliphatic carbocycles. The largest absolute Gasteiger partial charge is 0.302 e. The summed E-state index contributed by atoms with van der Waals surface area (Å²) in [5.74, 6) is 1.67. The van der Waals surface area contributed by atoms with E-state index in [-0.39, 0.29) is 5.82 Å². The first kappa shape index (κ1) is 8.97. The smallest absolute Gasteiger partial charge is 0.124 e. The number of hydrogen-bond donors (Lipinski definition) is 0. The Balaban J connectivity index is 2.25. The number of halogens is 1. The van der Waals surface area contributed by atoms with Crippen molar-refractivity contribution in [1.29, 1.82) is 0 Å². The number of thioether (sulfide) groups is 1. The molecule has 15 heavy (non-hydrogen) atoms. The number of aromatic nitrogens is 2. The van der Waals surface area contributed by atoms with Gasteiger partial charge in [-0.3, -0.25) is 0 Å². The highest BCUT2D eigenvalue weighted by Crippen LogP contribution is 2.35. The van der Waals surface area contributed by atoms with Gasteiger partial charge in [0.05, 0.1) is 17.1 Å². The van der Waals surface area contributed by atoms with Gasteiger partial charge in [-0.05, 0) is 25.1 Å². The molecule has 2 aromatic rings. The van der Waals surface area contributed by atoms with Crippen LogP contribution in [0.15, 0.2) is 29.3 Å². The zero-order valence-corrected chi connectivity index (χ0v) is 9.01. The minimum atomic E-state index is -0.179. The van der Waals surface area contributed by atoms with E-state index in [1.54, 1.807) is 23.9 Å².